The molecule has 4 nitrogen and oxygen atoms in total. The summed E-state index contributed by atoms with van der Waals surface area (Å²) in [7, 11) is 1.43. The highest BCUT2D eigenvalue weighted by atomic mass is 19.4. The summed E-state index contributed by atoms with van der Waals surface area (Å²) in [4.78, 5) is 22.4. The topological polar surface area (TPSA) is 49.4 Å². The third-order valence-electron chi connectivity index (χ3n) is 1.56. The minimum Gasteiger partial charge on any atom is -0.345 e. The smallest absolute Gasteiger partial charge is 0.345 e. The molecule has 1 N–H and O–H groups in total. The second kappa shape index (κ2) is 4.83. The molecule has 0 aromatic carbocycles. The summed E-state index contributed by atoms with van der Waals surface area (Å²) in [6, 6.07) is 0. The van der Waals surface area contributed by atoms with Crippen molar-refractivity contribution < 1.29 is 22.8 Å². The van der Waals surface area contributed by atoms with Crippen LogP contribution >= 0.6 is 0 Å². The maximum absolute atomic E-state index is 11.6. The van der Waals surface area contributed by atoms with Crippen molar-refractivity contribution >= 4 is 11.8 Å². The number of halogens is 3. The molecule has 0 radical (unpaired) electrons. The van der Waals surface area contributed by atoms with Gasteiger partial charge >= 0.3 is 12.1 Å². The van der Waals surface area contributed by atoms with E-state index in [1.165, 1.54) is 17.3 Å². The van der Waals surface area contributed by atoms with E-state index in [1.807, 2.05) is 0 Å². The lowest BCUT2D eigenvalue weighted by Gasteiger charge is -2.15. The third kappa shape index (κ3) is 4.11. The molecule has 0 spiro atoms. The highest BCUT2D eigenvalue weighted by Crippen LogP contribution is 2.13. The van der Waals surface area contributed by atoms with Gasteiger partial charge in [0, 0.05) is 13.6 Å². The first kappa shape index (κ1) is 12.7. The quantitative estimate of drug-likeness (QED) is 0.723. The molecule has 0 aromatic rings. The van der Waals surface area contributed by atoms with E-state index in [4.69, 9.17) is 0 Å². The lowest BCUT2D eigenvalue weighted by atomic mass is 10.4. The fourth-order valence-electron chi connectivity index (χ4n) is 0.567. The predicted octanol–water partition coefficient (Wildman–Crippen LogP) is 0.143. The number of amides is 2. The fraction of sp³-hybridized carbons (Fsp3) is 0.714. The minimum absolute atomic E-state index is 0.376. The maximum atomic E-state index is 11.6. The Morgan fingerprint density at radius 1 is 1.36 bits per heavy atom. The van der Waals surface area contributed by atoms with Crippen molar-refractivity contribution in [1.29, 1.82) is 0 Å². The van der Waals surface area contributed by atoms with Crippen LogP contribution in [0.1, 0.15) is 6.92 Å². The van der Waals surface area contributed by atoms with Crippen LogP contribution in [0.3, 0.4) is 0 Å². The molecule has 0 bridgehead atoms. The number of nitrogens with zero attached hydrogens (tertiary/aromatic N) is 1. The average molecular weight is 212 g/mol. The van der Waals surface area contributed by atoms with Crippen LogP contribution in [-0.4, -0.2) is 43.0 Å². The van der Waals surface area contributed by atoms with Gasteiger partial charge in [0.2, 0.25) is 5.91 Å². The standard InChI is InChI=1S/C7H11F3N2O2/c1-3-12(2)5(13)4-11-6(14)7(8,9)10/h3-4H2,1-2H3,(H,11,14). The third-order valence-corrected chi connectivity index (χ3v) is 1.56. The molecular formula is C7H11F3N2O2. The van der Waals surface area contributed by atoms with Gasteiger partial charge in [-0.1, -0.05) is 0 Å². The second-order valence-corrected chi connectivity index (χ2v) is 2.59. The number of nitrogens with one attached hydrogen (secondary N) is 1. The summed E-state index contributed by atoms with van der Waals surface area (Å²) in [5.41, 5.74) is 0. The Labute approximate surface area is 79.1 Å². The number of likely N-dealkylation sites (N-methyl/N-ethyl adjacent to an activating group) is 1. The van der Waals surface area contributed by atoms with Crippen molar-refractivity contribution in [2.75, 3.05) is 20.1 Å². The zero-order valence-electron chi connectivity index (χ0n) is 7.81. The van der Waals surface area contributed by atoms with Gasteiger partial charge in [-0.25, -0.2) is 0 Å². The molecule has 0 fully saturated rings. The largest absolute Gasteiger partial charge is 0.471 e. The molecule has 0 unspecified atom stereocenters. The van der Waals surface area contributed by atoms with Gasteiger partial charge in [-0.05, 0) is 6.92 Å². The average Bonchev–Trinajstić information content (AvgIpc) is 2.10. The Morgan fingerprint density at radius 2 is 1.86 bits per heavy atom. The number of carbonyl (C=O) groups is 2. The van der Waals surface area contributed by atoms with E-state index in [1.54, 1.807) is 6.92 Å². The van der Waals surface area contributed by atoms with Crippen molar-refractivity contribution in [3.63, 3.8) is 0 Å². The Kier molecular flexibility index (Phi) is 4.39. The van der Waals surface area contributed by atoms with Gasteiger partial charge in [0.25, 0.3) is 0 Å². The van der Waals surface area contributed by atoms with E-state index in [-0.39, 0.29) is 0 Å². The second-order valence-electron chi connectivity index (χ2n) is 2.59. The van der Waals surface area contributed by atoms with E-state index in [0.29, 0.717) is 6.54 Å². The molecule has 0 aliphatic rings. The van der Waals surface area contributed by atoms with Crippen LogP contribution in [0.4, 0.5) is 13.2 Å². The van der Waals surface area contributed by atoms with E-state index >= 15 is 0 Å². The van der Waals surface area contributed by atoms with E-state index in [9.17, 15) is 22.8 Å². The summed E-state index contributed by atoms with van der Waals surface area (Å²) in [6.07, 6.45) is -4.94. The molecule has 2 amide bonds. The Bertz CT molecular complexity index is 227. The number of hydrogen-bond acceptors (Lipinski definition) is 2. The van der Waals surface area contributed by atoms with Gasteiger partial charge in [-0.15, -0.1) is 0 Å². The summed E-state index contributed by atoms with van der Waals surface area (Å²) in [5.74, 6) is -2.67. The van der Waals surface area contributed by atoms with E-state index < -0.39 is 24.5 Å². The van der Waals surface area contributed by atoms with Crippen LogP contribution in [0.2, 0.25) is 0 Å². The van der Waals surface area contributed by atoms with Gasteiger partial charge in [0.05, 0.1) is 6.54 Å². The lowest BCUT2D eigenvalue weighted by Crippen LogP contribution is -2.43. The molecule has 0 saturated carbocycles. The highest BCUT2D eigenvalue weighted by molar-refractivity contribution is 5.87. The molecule has 0 rings (SSSR count). The van der Waals surface area contributed by atoms with Crippen molar-refractivity contribution in [3.05, 3.63) is 0 Å². The van der Waals surface area contributed by atoms with Crippen molar-refractivity contribution in [2.45, 2.75) is 13.1 Å². The predicted molar refractivity (Wildman–Crippen MR) is 42.4 cm³/mol. The van der Waals surface area contributed by atoms with Gasteiger partial charge in [-0.3, -0.25) is 9.59 Å². The first-order chi connectivity index (χ1) is 6.29. The van der Waals surface area contributed by atoms with Gasteiger partial charge in [-0.2, -0.15) is 13.2 Å². The number of alkyl halides is 3. The van der Waals surface area contributed by atoms with Gasteiger partial charge in [0.15, 0.2) is 0 Å². The summed E-state index contributed by atoms with van der Waals surface area (Å²) >= 11 is 0. The lowest BCUT2D eigenvalue weighted by molar-refractivity contribution is -0.173. The molecule has 82 valence electrons. The first-order valence-corrected chi connectivity index (χ1v) is 3.88. The summed E-state index contributed by atoms with van der Waals surface area (Å²) in [6.45, 7) is 1.41. The van der Waals surface area contributed by atoms with E-state index in [0.717, 1.165) is 0 Å². The monoisotopic (exact) mass is 212 g/mol. The Balaban J connectivity index is 3.96. The van der Waals surface area contributed by atoms with Crippen molar-refractivity contribution in [2.24, 2.45) is 0 Å². The van der Waals surface area contributed by atoms with Crippen LogP contribution in [0.25, 0.3) is 0 Å². The Morgan fingerprint density at radius 3 is 2.21 bits per heavy atom. The molecular weight excluding hydrogens is 201 g/mol. The minimum atomic E-state index is -4.94. The molecule has 0 atom stereocenters. The summed E-state index contributed by atoms with van der Waals surface area (Å²) in [5, 5.41) is 1.48. The first-order valence-electron chi connectivity index (χ1n) is 3.88. The van der Waals surface area contributed by atoms with Crippen molar-refractivity contribution in [3.8, 4) is 0 Å². The molecule has 0 aliphatic heterocycles. The number of hydrogen-bond donors (Lipinski definition) is 1. The van der Waals surface area contributed by atoms with Gasteiger partial charge in [0.1, 0.15) is 0 Å². The number of carbonyl (C=O) groups excluding carboxylic acids is 2. The molecule has 0 aromatic heterocycles. The Hall–Kier alpha value is -1.27. The molecule has 7 heteroatoms. The fourth-order valence-corrected chi connectivity index (χ4v) is 0.567. The van der Waals surface area contributed by atoms with Crippen molar-refractivity contribution in [1.82, 2.24) is 10.2 Å². The zero-order chi connectivity index (χ0) is 11.4. The highest BCUT2D eigenvalue weighted by Gasteiger charge is 2.38. The SMILES string of the molecule is CCN(C)C(=O)CNC(=O)C(F)(F)F. The van der Waals surface area contributed by atoms with Crippen LogP contribution in [-0.2, 0) is 9.59 Å². The van der Waals surface area contributed by atoms with Crippen LogP contribution < -0.4 is 5.32 Å². The molecule has 0 saturated heterocycles. The normalized spacial score (nSPS) is 10.9. The number of rotatable bonds is 3. The summed E-state index contributed by atoms with van der Waals surface area (Å²) < 4.78 is 34.9. The molecule has 0 heterocycles. The van der Waals surface area contributed by atoms with Crippen LogP contribution in [0, 0.1) is 0 Å². The molecule has 14 heavy (non-hydrogen) atoms. The maximum Gasteiger partial charge on any atom is 0.471 e. The molecule has 0 aliphatic carbocycles. The van der Waals surface area contributed by atoms with Crippen LogP contribution in [0.15, 0.2) is 0 Å². The van der Waals surface area contributed by atoms with Crippen LogP contribution in [0.5, 0.6) is 0 Å². The van der Waals surface area contributed by atoms with Gasteiger partial charge < -0.3 is 10.2 Å². The van der Waals surface area contributed by atoms with E-state index in [2.05, 4.69) is 0 Å². The zero-order valence-corrected chi connectivity index (χ0v) is 7.81.